The standard InChI is InChI=1S/C15H17BrN2OS/c16-11-7-8(14(17)20)5-6-12(11)18-15(19)13-9-3-1-2-4-10(9)13/h5-7,9-10,13H,1-4H2,(H2,17,20)(H,18,19). The number of benzene rings is 1. The van der Waals surface area contributed by atoms with Crippen molar-refractivity contribution in [1.82, 2.24) is 0 Å². The van der Waals surface area contributed by atoms with Crippen molar-refractivity contribution in [3.63, 3.8) is 0 Å². The third kappa shape index (κ3) is 2.61. The molecule has 0 spiro atoms. The highest BCUT2D eigenvalue weighted by atomic mass is 79.9. The van der Waals surface area contributed by atoms with Gasteiger partial charge in [-0.05, 0) is 58.8 Å². The molecule has 0 aliphatic heterocycles. The fraction of sp³-hybridized carbons (Fsp3) is 0.467. The van der Waals surface area contributed by atoms with Gasteiger partial charge in [-0.1, -0.05) is 25.1 Å². The number of rotatable bonds is 3. The molecule has 3 rings (SSSR count). The van der Waals surface area contributed by atoms with Gasteiger partial charge in [0.2, 0.25) is 5.91 Å². The number of fused-ring (bicyclic) bond motifs is 1. The van der Waals surface area contributed by atoms with Gasteiger partial charge in [0.15, 0.2) is 0 Å². The summed E-state index contributed by atoms with van der Waals surface area (Å²) in [6.07, 6.45) is 4.98. The van der Waals surface area contributed by atoms with Gasteiger partial charge >= 0.3 is 0 Å². The molecular formula is C15H17BrN2OS. The van der Waals surface area contributed by atoms with Crippen molar-refractivity contribution in [3.8, 4) is 0 Å². The van der Waals surface area contributed by atoms with Gasteiger partial charge in [-0.15, -0.1) is 0 Å². The maximum atomic E-state index is 12.3. The molecule has 0 aromatic heterocycles. The van der Waals surface area contributed by atoms with Crippen LogP contribution < -0.4 is 11.1 Å². The van der Waals surface area contributed by atoms with E-state index in [2.05, 4.69) is 21.2 Å². The minimum absolute atomic E-state index is 0.158. The Morgan fingerprint density at radius 1 is 1.30 bits per heavy atom. The molecule has 0 saturated heterocycles. The molecule has 2 fully saturated rings. The summed E-state index contributed by atoms with van der Waals surface area (Å²) in [6, 6.07) is 5.53. The second kappa shape index (κ2) is 5.45. The molecular weight excluding hydrogens is 336 g/mol. The quantitative estimate of drug-likeness (QED) is 0.819. The maximum Gasteiger partial charge on any atom is 0.228 e. The van der Waals surface area contributed by atoms with Crippen molar-refractivity contribution in [2.75, 3.05) is 5.32 Å². The normalized spacial score (nSPS) is 27.6. The van der Waals surface area contributed by atoms with E-state index < -0.39 is 0 Å². The summed E-state index contributed by atoms with van der Waals surface area (Å²) in [4.78, 5) is 12.7. The van der Waals surface area contributed by atoms with Crippen LogP contribution in [0.4, 0.5) is 5.69 Å². The molecule has 2 atom stereocenters. The lowest BCUT2D eigenvalue weighted by molar-refractivity contribution is -0.117. The number of carbonyl (C=O) groups is 1. The zero-order valence-corrected chi connectivity index (χ0v) is 13.5. The van der Waals surface area contributed by atoms with Gasteiger partial charge in [-0.25, -0.2) is 0 Å². The van der Waals surface area contributed by atoms with Crippen LogP contribution >= 0.6 is 28.1 Å². The number of carbonyl (C=O) groups excluding carboxylic acids is 1. The van der Waals surface area contributed by atoms with Gasteiger partial charge in [-0.2, -0.15) is 0 Å². The first kappa shape index (κ1) is 14.0. The van der Waals surface area contributed by atoms with Crippen molar-refractivity contribution in [1.29, 1.82) is 0 Å². The van der Waals surface area contributed by atoms with E-state index >= 15 is 0 Å². The zero-order chi connectivity index (χ0) is 14.3. The lowest BCUT2D eigenvalue weighted by Crippen LogP contribution is -2.16. The van der Waals surface area contributed by atoms with Crippen molar-refractivity contribution in [2.45, 2.75) is 25.7 Å². The highest BCUT2D eigenvalue weighted by molar-refractivity contribution is 9.10. The highest BCUT2D eigenvalue weighted by Crippen LogP contribution is 2.55. The molecule has 2 unspecified atom stereocenters. The average molecular weight is 353 g/mol. The Hall–Kier alpha value is -0.940. The molecule has 0 radical (unpaired) electrons. The molecule has 3 N–H and O–H groups in total. The third-order valence-electron chi connectivity index (χ3n) is 4.47. The predicted octanol–water partition coefficient (Wildman–Crippen LogP) is 3.46. The minimum Gasteiger partial charge on any atom is -0.389 e. The van der Waals surface area contributed by atoms with Crippen LogP contribution in [0.1, 0.15) is 31.2 Å². The van der Waals surface area contributed by atoms with Gasteiger partial charge in [-0.3, -0.25) is 4.79 Å². The van der Waals surface area contributed by atoms with Crippen LogP contribution in [0.15, 0.2) is 22.7 Å². The largest absolute Gasteiger partial charge is 0.389 e. The Morgan fingerprint density at radius 2 is 1.95 bits per heavy atom. The number of nitrogens with one attached hydrogen (secondary N) is 1. The number of nitrogens with two attached hydrogens (primary N) is 1. The van der Waals surface area contributed by atoms with Crippen LogP contribution in [-0.4, -0.2) is 10.9 Å². The molecule has 106 valence electrons. The zero-order valence-electron chi connectivity index (χ0n) is 11.1. The van der Waals surface area contributed by atoms with Gasteiger partial charge in [0.25, 0.3) is 0 Å². The Bertz CT molecular complexity index is 563. The molecule has 5 heteroatoms. The van der Waals surface area contributed by atoms with E-state index in [1.54, 1.807) is 0 Å². The molecule has 20 heavy (non-hydrogen) atoms. The fourth-order valence-corrected chi connectivity index (χ4v) is 3.97. The Morgan fingerprint density at radius 3 is 2.50 bits per heavy atom. The summed E-state index contributed by atoms with van der Waals surface area (Å²) in [5.74, 6) is 1.63. The average Bonchev–Trinajstić information content (AvgIpc) is 3.15. The van der Waals surface area contributed by atoms with Crippen molar-refractivity contribution in [2.24, 2.45) is 23.5 Å². The van der Waals surface area contributed by atoms with Gasteiger partial charge in [0, 0.05) is 16.0 Å². The smallest absolute Gasteiger partial charge is 0.228 e. The van der Waals surface area contributed by atoms with E-state index in [9.17, 15) is 4.79 Å². The minimum atomic E-state index is 0.158. The molecule has 0 bridgehead atoms. The maximum absolute atomic E-state index is 12.3. The van der Waals surface area contributed by atoms with Crippen molar-refractivity contribution in [3.05, 3.63) is 28.2 Å². The summed E-state index contributed by atoms with van der Waals surface area (Å²) in [5, 5.41) is 3.02. The van der Waals surface area contributed by atoms with E-state index in [-0.39, 0.29) is 11.8 Å². The predicted molar refractivity (Wildman–Crippen MR) is 87.6 cm³/mol. The number of amides is 1. The van der Waals surface area contributed by atoms with E-state index in [1.165, 1.54) is 25.7 Å². The summed E-state index contributed by atoms with van der Waals surface area (Å²) in [5.41, 5.74) is 7.18. The SMILES string of the molecule is NC(=S)c1ccc(NC(=O)C2C3CCCCC32)c(Br)c1. The van der Waals surface area contributed by atoms with Crippen molar-refractivity contribution < 1.29 is 4.79 Å². The number of halogens is 1. The lowest BCUT2D eigenvalue weighted by atomic mass is 10.0. The molecule has 1 amide bonds. The summed E-state index contributed by atoms with van der Waals surface area (Å²) < 4.78 is 0.819. The first-order chi connectivity index (χ1) is 9.58. The molecule has 2 aliphatic carbocycles. The summed E-state index contributed by atoms with van der Waals surface area (Å²) >= 11 is 8.40. The monoisotopic (exact) mass is 352 g/mol. The van der Waals surface area contributed by atoms with E-state index in [0.29, 0.717) is 16.8 Å². The molecule has 1 aromatic carbocycles. The molecule has 2 saturated carbocycles. The van der Waals surface area contributed by atoms with Crippen LogP contribution in [0.2, 0.25) is 0 Å². The molecule has 0 heterocycles. The lowest BCUT2D eigenvalue weighted by Gasteiger charge is -2.09. The number of hydrogen-bond donors (Lipinski definition) is 2. The molecule has 2 aliphatic rings. The first-order valence-electron chi connectivity index (χ1n) is 6.98. The number of hydrogen-bond acceptors (Lipinski definition) is 2. The van der Waals surface area contributed by atoms with Crippen LogP contribution in [0.3, 0.4) is 0 Å². The number of anilines is 1. The van der Waals surface area contributed by atoms with Gasteiger partial charge < -0.3 is 11.1 Å². The Balaban J connectivity index is 1.69. The van der Waals surface area contributed by atoms with E-state index in [4.69, 9.17) is 18.0 Å². The van der Waals surface area contributed by atoms with E-state index in [0.717, 1.165) is 15.7 Å². The Labute approximate surface area is 132 Å². The van der Waals surface area contributed by atoms with Crippen LogP contribution in [0.5, 0.6) is 0 Å². The highest BCUT2D eigenvalue weighted by Gasteiger charge is 2.54. The van der Waals surface area contributed by atoms with Crippen molar-refractivity contribution >= 4 is 44.7 Å². The topological polar surface area (TPSA) is 55.1 Å². The summed E-state index contributed by atoms with van der Waals surface area (Å²) in [6.45, 7) is 0. The van der Waals surface area contributed by atoms with Crippen LogP contribution in [0.25, 0.3) is 0 Å². The third-order valence-corrected chi connectivity index (χ3v) is 5.36. The summed E-state index contributed by atoms with van der Waals surface area (Å²) in [7, 11) is 0. The van der Waals surface area contributed by atoms with Gasteiger partial charge in [0.1, 0.15) is 4.99 Å². The number of thiocarbonyl (C=S) groups is 1. The second-order valence-corrected chi connectivity index (χ2v) is 6.98. The Kier molecular flexibility index (Phi) is 3.82. The fourth-order valence-electron chi connectivity index (χ4n) is 3.37. The van der Waals surface area contributed by atoms with Crippen LogP contribution in [-0.2, 0) is 4.79 Å². The van der Waals surface area contributed by atoms with Gasteiger partial charge in [0.05, 0.1) is 5.69 Å². The van der Waals surface area contributed by atoms with Crippen LogP contribution in [0, 0.1) is 17.8 Å². The molecule has 3 nitrogen and oxygen atoms in total. The second-order valence-electron chi connectivity index (χ2n) is 5.69. The van der Waals surface area contributed by atoms with E-state index in [1.807, 2.05) is 18.2 Å². The molecule has 1 aromatic rings. The first-order valence-corrected chi connectivity index (χ1v) is 8.18.